The zero-order valence-electron chi connectivity index (χ0n) is 15.8. The number of fused-ring (bicyclic) bond motifs is 1. The molecule has 7 nitrogen and oxygen atoms in total. The van der Waals surface area contributed by atoms with Crippen LogP contribution in [0.25, 0.3) is 23.7 Å². The monoisotopic (exact) mass is 456 g/mol. The fourth-order valence-corrected chi connectivity index (χ4v) is 4.15. The lowest BCUT2D eigenvalue weighted by Gasteiger charge is -2.29. The number of benzene rings is 1. The minimum Gasteiger partial charge on any atom is -0.495 e. The Bertz CT molecular complexity index is 1030. The molecule has 0 aliphatic carbocycles. The summed E-state index contributed by atoms with van der Waals surface area (Å²) in [5.74, 6) is 1.90. The van der Waals surface area contributed by atoms with Gasteiger partial charge in [-0.1, -0.05) is 34.8 Å². The molecule has 0 spiro atoms. The van der Waals surface area contributed by atoms with E-state index in [9.17, 15) is 0 Å². The van der Waals surface area contributed by atoms with E-state index in [1.807, 2.05) is 11.0 Å². The zero-order valence-corrected chi connectivity index (χ0v) is 18.1. The van der Waals surface area contributed by atoms with Gasteiger partial charge in [0, 0.05) is 24.0 Å². The second kappa shape index (κ2) is 8.44. The molecule has 29 heavy (non-hydrogen) atoms. The van der Waals surface area contributed by atoms with E-state index in [4.69, 9.17) is 54.0 Å². The third kappa shape index (κ3) is 3.80. The number of alkyl halides is 1. The fraction of sp³-hybridized carbons (Fsp3) is 0.368. The summed E-state index contributed by atoms with van der Waals surface area (Å²) in [6, 6.07) is 1.63. The number of nitrogens with one attached hydrogen (secondary N) is 1. The van der Waals surface area contributed by atoms with E-state index in [-0.39, 0.29) is 5.50 Å². The van der Waals surface area contributed by atoms with Crippen LogP contribution in [0.3, 0.4) is 0 Å². The summed E-state index contributed by atoms with van der Waals surface area (Å²) >= 11 is 19.4. The highest BCUT2D eigenvalue weighted by atomic mass is 35.5. The smallest absolute Gasteiger partial charge is 0.165 e. The average Bonchev–Trinajstić information content (AvgIpc) is 2.74. The van der Waals surface area contributed by atoms with Crippen molar-refractivity contribution in [1.82, 2.24) is 15.3 Å². The number of methoxy groups -OCH3 is 2. The van der Waals surface area contributed by atoms with Crippen molar-refractivity contribution in [3.63, 3.8) is 0 Å². The van der Waals surface area contributed by atoms with Crippen molar-refractivity contribution >= 4 is 52.9 Å². The van der Waals surface area contributed by atoms with Gasteiger partial charge in [-0.25, -0.2) is 9.97 Å². The second-order valence-electron chi connectivity index (χ2n) is 6.49. The standard InChI is InChI=1S/C19H19Cl3N4O3/c1-27-12-7-13(28-2)17(22)15(16(12)21)18-24-11-8-23-14(20)6-10(11)19(25-18)26-4-3-5-29-9-26/h6-8,14,23H,3-5,9H2,1-2H3. The third-order valence-corrected chi connectivity index (χ3v) is 5.71. The Balaban J connectivity index is 1.99. The normalized spacial score (nSPS) is 18.2. The Morgan fingerprint density at radius 1 is 1.17 bits per heavy atom. The quantitative estimate of drug-likeness (QED) is 0.558. The van der Waals surface area contributed by atoms with Gasteiger partial charge in [-0.05, 0) is 12.5 Å². The van der Waals surface area contributed by atoms with Gasteiger partial charge in [-0.3, -0.25) is 0 Å². The molecule has 2 aromatic rings. The number of rotatable bonds is 4. The predicted octanol–water partition coefficient (Wildman–Crippen LogP) is 2.34. The summed E-state index contributed by atoms with van der Waals surface area (Å²) in [7, 11) is 3.05. The number of aromatic nitrogens is 2. The van der Waals surface area contributed by atoms with Crippen LogP contribution in [0.2, 0.25) is 10.0 Å². The molecule has 1 aromatic heterocycles. The lowest BCUT2D eigenvalue weighted by molar-refractivity contribution is 0.106. The maximum absolute atomic E-state index is 6.58. The van der Waals surface area contributed by atoms with Crippen molar-refractivity contribution in [3.8, 4) is 22.9 Å². The Hall–Kier alpha value is -1.93. The summed E-state index contributed by atoms with van der Waals surface area (Å²) in [4.78, 5) is 11.5. The van der Waals surface area contributed by atoms with Gasteiger partial charge in [0.15, 0.2) is 5.82 Å². The van der Waals surface area contributed by atoms with Crippen molar-refractivity contribution in [3.05, 3.63) is 26.7 Å². The minimum absolute atomic E-state index is 0.307. The molecule has 154 valence electrons. The SMILES string of the molecule is COc1cc(OC)c(Cl)c(-c2nc(N3CCCOC3)c3c(n2)=CNC(Cl)C=3)c1Cl. The Kier molecular flexibility index (Phi) is 5.92. The van der Waals surface area contributed by atoms with Crippen LogP contribution in [0.4, 0.5) is 5.82 Å². The van der Waals surface area contributed by atoms with Gasteiger partial charge in [-0.15, -0.1) is 0 Å². The Morgan fingerprint density at radius 3 is 2.52 bits per heavy atom. The molecule has 2 aliphatic rings. The van der Waals surface area contributed by atoms with Gasteiger partial charge in [0.1, 0.15) is 29.5 Å². The first-order chi connectivity index (χ1) is 14.0. The van der Waals surface area contributed by atoms with Gasteiger partial charge in [0.25, 0.3) is 0 Å². The topological polar surface area (TPSA) is 68.7 Å². The van der Waals surface area contributed by atoms with Crippen molar-refractivity contribution in [2.75, 3.05) is 39.0 Å². The number of ether oxygens (including phenoxy) is 3. The first-order valence-electron chi connectivity index (χ1n) is 8.96. The predicted molar refractivity (Wildman–Crippen MR) is 114 cm³/mol. The van der Waals surface area contributed by atoms with Crippen molar-refractivity contribution in [1.29, 1.82) is 0 Å². The molecule has 0 amide bonds. The van der Waals surface area contributed by atoms with E-state index in [2.05, 4.69) is 10.3 Å². The van der Waals surface area contributed by atoms with Gasteiger partial charge in [0.2, 0.25) is 0 Å². The van der Waals surface area contributed by atoms with E-state index >= 15 is 0 Å². The minimum atomic E-state index is -0.356. The first kappa shape index (κ1) is 20.3. The van der Waals surface area contributed by atoms with E-state index in [0.717, 1.165) is 24.8 Å². The number of anilines is 1. The number of hydrogen-bond donors (Lipinski definition) is 1. The molecule has 1 atom stereocenters. The molecule has 1 unspecified atom stereocenters. The molecule has 2 aliphatic heterocycles. The largest absolute Gasteiger partial charge is 0.495 e. The van der Waals surface area contributed by atoms with Gasteiger partial charge >= 0.3 is 0 Å². The van der Waals surface area contributed by atoms with Crippen LogP contribution in [0, 0.1) is 0 Å². The molecule has 0 bridgehead atoms. The molecule has 10 heteroatoms. The highest BCUT2D eigenvalue weighted by Gasteiger charge is 2.24. The summed E-state index contributed by atoms with van der Waals surface area (Å²) in [6.07, 6.45) is 4.53. The van der Waals surface area contributed by atoms with Gasteiger partial charge in [-0.2, -0.15) is 0 Å². The van der Waals surface area contributed by atoms with Crippen molar-refractivity contribution in [2.24, 2.45) is 0 Å². The Morgan fingerprint density at radius 2 is 1.90 bits per heavy atom. The van der Waals surface area contributed by atoms with E-state index < -0.39 is 0 Å². The summed E-state index contributed by atoms with van der Waals surface area (Å²) in [6.45, 7) is 1.96. The maximum atomic E-state index is 6.58. The summed E-state index contributed by atoms with van der Waals surface area (Å²) < 4.78 is 16.4. The van der Waals surface area contributed by atoms with Crippen LogP contribution in [-0.2, 0) is 4.74 Å². The van der Waals surface area contributed by atoms with Crippen LogP contribution >= 0.6 is 34.8 Å². The van der Waals surface area contributed by atoms with Crippen LogP contribution in [0.1, 0.15) is 6.42 Å². The molecule has 1 saturated heterocycles. The molecule has 1 fully saturated rings. The maximum Gasteiger partial charge on any atom is 0.165 e. The van der Waals surface area contributed by atoms with Crippen molar-refractivity contribution < 1.29 is 14.2 Å². The first-order valence-corrected chi connectivity index (χ1v) is 10.2. The zero-order chi connectivity index (χ0) is 20.5. The lowest BCUT2D eigenvalue weighted by atomic mass is 10.1. The van der Waals surface area contributed by atoms with Crippen LogP contribution in [0.5, 0.6) is 11.5 Å². The van der Waals surface area contributed by atoms with E-state index in [0.29, 0.717) is 50.8 Å². The number of hydrogen-bond acceptors (Lipinski definition) is 7. The molecule has 4 rings (SSSR count). The highest BCUT2D eigenvalue weighted by molar-refractivity contribution is 6.40. The number of halogens is 3. The van der Waals surface area contributed by atoms with Crippen LogP contribution < -0.4 is 30.3 Å². The second-order valence-corrected chi connectivity index (χ2v) is 7.71. The molecule has 1 aromatic carbocycles. The lowest BCUT2D eigenvalue weighted by Crippen LogP contribution is -2.45. The van der Waals surface area contributed by atoms with E-state index in [1.54, 1.807) is 12.3 Å². The number of nitrogens with zero attached hydrogens (tertiary/aromatic N) is 3. The highest BCUT2D eigenvalue weighted by Crippen LogP contribution is 2.44. The fourth-order valence-electron chi connectivity index (χ4n) is 3.30. The molecule has 0 saturated carbocycles. The molecular formula is C19H19Cl3N4O3. The van der Waals surface area contributed by atoms with Gasteiger partial charge in [0.05, 0.1) is 41.8 Å². The molecule has 3 heterocycles. The van der Waals surface area contributed by atoms with E-state index in [1.165, 1.54) is 14.2 Å². The summed E-state index contributed by atoms with van der Waals surface area (Å²) in [5, 5.41) is 5.18. The Labute approximate surface area is 182 Å². The molecular weight excluding hydrogens is 439 g/mol. The van der Waals surface area contributed by atoms with Gasteiger partial charge < -0.3 is 24.4 Å². The average molecular weight is 458 g/mol. The summed E-state index contributed by atoms with van der Waals surface area (Å²) in [5.41, 5.74) is 0.0819. The molecule has 1 N–H and O–H groups in total. The third-order valence-electron chi connectivity index (χ3n) is 4.71. The van der Waals surface area contributed by atoms with Crippen LogP contribution in [-0.4, -0.2) is 49.6 Å². The van der Waals surface area contributed by atoms with Crippen molar-refractivity contribution in [2.45, 2.75) is 11.9 Å². The molecule has 0 radical (unpaired) electrons. The van der Waals surface area contributed by atoms with Crippen LogP contribution in [0.15, 0.2) is 6.07 Å².